The predicted octanol–water partition coefficient (Wildman–Crippen LogP) is 2.79. The zero-order valence-corrected chi connectivity index (χ0v) is 16.9. The van der Waals surface area contributed by atoms with Crippen molar-refractivity contribution in [2.45, 2.75) is 52.0 Å². The van der Waals surface area contributed by atoms with E-state index >= 15 is 0 Å². The summed E-state index contributed by atoms with van der Waals surface area (Å²) in [5, 5.41) is 0. The number of imide groups is 1. The third-order valence-corrected chi connectivity index (χ3v) is 5.81. The van der Waals surface area contributed by atoms with E-state index in [4.69, 9.17) is 0 Å². The highest BCUT2D eigenvalue weighted by Gasteiger charge is 2.57. The summed E-state index contributed by atoms with van der Waals surface area (Å²) in [5.41, 5.74) is 0.522. The Bertz CT molecular complexity index is 653. The fraction of sp³-hybridized carbons (Fsp3) is 0.667. The van der Waals surface area contributed by atoms with Gasteiger partial charge in [-0.25, -0.2) is 4.79 Å². The average Bonchev–Trinajstić information content (AvgIpc) is 2.85. The van der Waals surface area contributed by atoms with Gasteiger partial charge in [0.15, 0.2) is 0 Å². The van der Waals surface area contributed by atoms with Crippen LogP contribution in [0.15, 0.2) is 24.5 Å². The quantitative estimate of drug-likeness (QED) is 0.691. The molecular weight excluding hydrogens is 340 g/mol. The van der Waals surface area contributed by atoms with Gasteiger partial charge in [0.2, 0.25) is 0 Å². The smallest absolute Gasteiger partial charge is 0.310 e. The van der Waals surface area contributed by atoms with Crippen LogP contribution in [0.5, 0.6) is 0 Å². The summed E-state index contributed by atoms with van der Waals surface area (Å²) in [4.78, 5) is 36.1. The highest BCUT2D eigenvalue weighted by atomic mass is 16.2. The van der Waals surface area contributed by atoms with Crippen molar-refractivity contribution in [2.24, 2.45) is 5.92 Å². The molecule has 0 N–H and O–H groups in total. The second-order valence-electron chi connectivity index (χ2n) is 8.17. The molecule has 6 heteroatoms. The van der Waals surface area contributed by atoms with Crippen LogP contribution in [0.25, 0.3) is 0 Å². The first-order valence-electron chi connectivity index (χ1n) is 10.2. The zero-order chi connectivity index (χ0) is 19.4. The molecule has 148 valence electrons. The molecule has 6 nitrogen and oxygen atoms in total. The van der Waals surface area contributed by atoms with Gasteiger partial charge in [0, 0.05) is 45.1 Å². The van der Waals surface area contributed by atoms with Gasteiger partial charge in [0.25, 0.3) is 5.91 Å². The molecule has 0 radical (unpaired) electrons. The maximum Gasteiger partial charge on any atom is 0.327 e. The third kappa shape index (κ3) is 4.00. The van der Waals surface area contributed by atoms with Crippen molar-refractivity contribution in [3.8, 4) is 0 Å². The predicted molar refractivity (Wildman–Crippen MR) is 105 cm³/mol. The molecule has 3 heterocycles. The molecule has 0 bridgehead atoms. The lowest BCUT2D eigenvalue weighted by Gasteiger charge is -2.42. The number of aryl methyl sites for hydroxylation is 1. The minimum absolute atomic E-state index is 0.0183. The van der Waals surface area contributed by atoms with Gasteiger partial charge < -0.3 is 9.80 Å². The molecule has 1 aromatic rings. The maximum absolute atomic E-state index is 13.3. The summed E-state index contributed by atoms with van der Waals surface area (Å²) < 4.78 is 0. The van der Waals surface area contributed by atoms with Crippen LogP contribution in [0.1, 0.15) is 45.6 Å². The molecule has 2 aliphatic rings. The van der Waals surface area contributed by atoms with E-state index in [0.717, 1.165) is 50.9 Å². The maximum atomic E-state index is 13.3. The van der Waals surface area contributed by atoms with Crippen LogP contribution in [-0.2, 0) is 11.2 Å². The van der Waals surface area contributed by atoms with Gasteiger partial charge in [-0.15, -0.1) is 0 Å². The first-order chi connectivity index (χ1) is 13.0. The Morgan fingerprint density at radius 2 is 1.96 bits per heavy atom. The molecule has 0 aliphatic carbocycles. The Morgan fingerprint density at radius 3 is 2.56 bits per heavy atom. The van der Waals surface area contributed by atoms with Crippen molar-refractivity contribution < 1.29 is 9.59 Å². The van der Waals surface area contributed by atoms with Gasteiger partial charge in [-0.1, -0.05) is 19.9 Å². The van der Waals surface area contributed by atoms with Crippen LogP contribution in [0, 0.1) is 5.92 Å². The molecule has 2 fully saturated rings. The van der Waals surface area contributed by atoms with E-state index in [-0.39, 0.29) is 11.9 Å². The molecule has 2 saturated heterocycles. The van der Waals surface area contributed by atoms with E-state index in [1.807, 2.05) is 30.2 Å². The Balaban J connectivity index is 1.64. The number of likely N-dealkylation sites (tertiary alicyclic amines) is 1. The summed E-state index contributed by atoms with van der Waals surface area (Å²) in [7, 11) is 0. The second kappa shape index (κ2) is 8.38. The SMILES string of the molecule is CCN1C(=O)N(CCCc2cccnc2)C(=O)C12CCN(CC(C)C)CC2. The number of hydrogen-bond acceptors (Lipinski definition) is 4. The number of nitrogens with zero attached hydrogens (tertiary/aromatic N) is 4. The molecule has 1 aromatic heterocycles. The van der Waals surface area contributed by atoms with E-state index in [0.29, 0.717) is 19.0 Å². The summed E-state index contributed by atoms with van der Waals surface area (Å²) >= 11 is 0. The van der Waals surface area contributed by atoms with Crippen molar-refractivity contribution >= 4 is 11.9 Å². The second-order valence-corrected chi connectivity index (χ2v) is 8.17. The molecule has 0 unspecified atom stereocenters. The molecule has 3 amide bonds. The van der Waals surface area contributed by atoms with Gasteiger partial charge in [0.05, 0.1) is 0 Å². The number of carbonyl (C=O) groups is 2. The Kier molecular flexibility index (Phi) is 6.15. The van der Waals surface area contributed by atoms with E-state index in [2.05, 4.69) is 23.7 Å². The van der Waals surface area contributed by atoms with Gasteiger partial charge in [-0.3, -0.25) is 14.7 Å². The first kappa shape index (κ1) is 19.8. The number of carbonyl (C=O) groups excluding carboxylic acids is 2. The van der Waals surface area contributed by atoms with Crippen LogP contribution in [0.2, 0.25) is 0 Å². The number of urea groups is 1. The topological polar surface area (TPSA) is 56.8 Å². The van der Waals surface area contributed by atoms with Gasteiger partial charge in [0.1, 0.15) is 5.54 Å². The minimum atomic E-state index is -0.617. The molecule has 2 aliphatic heterocycles. The standard InChI is InChI=1S/C21H32N4O2/c1-4-25-20(27)24(12-6-8-18-7-5-11-22-15-18)19(26)21(25)9-13-23(14-10-21)16-17(2)3/h5,7,11,15,17H,4,6,8-10,12-14,16H2,1-3H3. The van der Waals surface area contributed by atoms with Crippen molar-refractivity contribution in [3.05, 3.63) is 30.1 Å². The van der Waals surface area contributed by atoms with E-state index in [1.54, 1.807) is 6.20 Å². The fourth-order valence-corrected chi connectivity index (χ4v) is 4.51. The largest absolute Gasteiger partial charge is 0.327 e. The van der Waals surface area contributed by atoms with E-state index < -0.39 is 5.54 Å². The number of pyridine rings is 1. The Hall–Kier alpha value is -1.95. The highest BCUT2D eigenvalue weighted by Crippen LogP contribution is 2.37. The van der Waals surface area contributed by atoms with Crippen LogP contribution >= 0.6 is 0 Å². The molecule has 27 heavy (non-hydrogen) atoms. The number of piperidine rings is 1. The van der Waals surface area contributed by atoms with Gasteiger partial charge in [-0.2, -0.15) is 0 Å². The first-order valence-corrected chi connectivity index (χ1v) is 10.2. The molecule has 1 spiro atoms. The van der Waals surface area contributed by atoms with Gasteiger partial charge in [-0.05, 0) is 50.2 Å². The summed E-state index contributed by atoms with van der Waals surface area (Å²) in [6.07, 6.45) is 6.69. The van der Waals surface area contributed by atoms with Crippen molar-refractivity contribution in [2.75, 3.05) is 32.7 Å². The number of rotatable bonds is 7. The minimum Gasteiger partial charge on any atom is -0.310 e. The fourth-order valence-electron chi connectivity index (χ4n) is 4.51. The van der Waals surface area contributed by atoms with Crippen LogP contribution in [0.3, 0.4) is 0 Å². The number of amides is 3. The van der Waals surface area contributed by atoms with Crippen LogP contribution in [0.4, 0.5) is 4.79 Å². The van der Waals surface area contributed by atoms with Crippen molar-refractivity contribution in [1.82, 2.24) is 19.7 Å². The number of aromatic nitrogens is 1. The highest BCUT2D eigenvalue weighted by molar-refractivity contribution is 6.07. The zero-order valence-electron chi connectivity index (χ0n) is 16.9. The van der Waals surface area contributed by atoms with Gasteiger partial charge >= 0.3 is 6.03 Å². The lowest BCUT2D eigenvalue weighted by Crippen LogP contribution is -2.56. The third-order valence-electron chi connectivity index (χ3n) is 5.81. The molecule has 0 aromatic carbocycles. The molecule has 0 atom stereocenters. The molecule has 0 saturated carbocycles. The number of likely N-dealkylation sites (N-methyl/N-ethyl adjacent to an activating group) is 1. The van der Waals surface area contributed by atoms with Crippen molar-refractivity contribution in [1.29, 1.82) is 0 Å². The normalized spacial score (nSPS) is 20.3. The van der Waals surface area contributed by atoms with Crippen LogP contribution < -0.4 is 0 Å². The lowest BCUT2D eigenvalue weighted by molar-refractivity contribution is -0.135. The summed E-state index contributed by atoms with van der Waals surface area (Å²) in [6.45, 7) is 10.3. The Morgan fingerprint density at radius 1 is 1.22 bits per heavy atom. The van der Waals surface area contributed by atoms with E-state index in [9.17, 15) is 9.59 Å². The lowest BCUT2D eigenvalue weighted by atomic mass is 9.85. The summed E-state index contributed by atoms with van der Waals surface area (Å²) in [5.74, 6) is 0.635. The molecular formula is C21H32N4O2. The Labute approximate surface area is 162 Å². The van der Waals surface area contributed by atoms with E-state index in [1.165, 1.54) is 4.90 Å². The van der Waals surface area contributed by atoms with Crippen molar-refractivity contribution in [3.63, 3.8) is 0 Å². The monoisotopic (exact) mass is 372 g/mol. The summed E-state index contributed by atoms with van der Waals surface area (Å²) in [6, 6.07) is 3.84. The molecule has 3 rings (SSSR count). The van der Waals surface area contributed by atoms with Crippen LogP contribution in [-0.4, -0.2) is 69.9 Å². The number of hydrogen-bond donors (Lipinski definition) is 0. The average molecular weight is 373 g/mol.